The van der Waals surface area contributed by atoms with Crippen LogP contribution in [0.4, 0.5) is 0 Å². The summed E-state index contributed by atoms with van der Waals surface area (Å²) in [5.41, 5.74) is 2.15. The highest BCUT2D eigenvalue weighted by atomic mass is 79.9. The predicted octanol–water partition coefficient (Wildman–Crippen LogP) is 4.01. The molecule has 0 aliphatic carbocycles. The number of para-hydroxylation sites is 1. The summed E-state index contributed by atoms with van der Waals surface area (Å²) in [6.07, 6.45) is 0. The van der Waals surface area contributed by atoms with E-state index in [-0.39, 0.29) is 6.04 Å². The summed E-state index contributed by atoms with van der Waals surface area (Å²) in [5.74, 6) is 0.341. The fourth-order valence-electron chi connectivity index (χ4n) is 1.79. The first-order chi connectivity index (χ1) is 8.66. The molecule has 1 atom stereocenters. The largest absolute Gasteiger partial charge is 0.508 e. The van der Waals surface area contributed by atoms with Crippen LogP contribution >= 0.6 is 15.9 Å². The minimum absolute atomic E-state index is 0.248. The van der Waals surface area contributed by atoms with Gasteiger partial charge in [-0.15, -0.1) is 0 Å². The smallest absolute Gasteiger partial charge is 0.120 e. The number of hydrogen-bond donors (Lipinski definition) is 2. The summed E-state index contributed by atoms with van der Waals surface area (Å²) < 4.78 is 1.08. The van der Waals surface area contributed by atoms with Crippen molar-refractivity contribution in [3.63, 3.8) is 0 Å². The first-order valence-corrected chi connectivity index (χ1v) is 6.72. The zero-order valence-corrected chi connectivity index (χ0v) is 11.8. The molecule has 2 N–H and O–H groups in total. The van der Waals surface area contributed by atoms with Crippen molar-refractivity contribution < 1.29 is 5.11 Å². The summed E-state index contributed by atoms with van der Waals surface area (Å²) in [6.45, 7) is 2.77. The molecule has 18 heavy (non-hydrogen) atoms. The molecule has 0 spiro atoms. The molecule has 2 nitrogen and oxygen atoms in total. The Morgan fingerprint density at radius 1 is 1.11 bits per heavy atom. The van der Waals surface area contributed by atoms with Crippen LogP contribution in [0.3, 0.4) is 0 Å². The summed E-state index contributed by atoms with van der Waals surface area (Å²) in [7, 11) is 0. The van der Waals surface area contributed by atoms with Gasteiger partial charge in [-0.3, -0.25) is 0 Å². The number of aromatic hydroxyl groups is 1. The van der Waals surface area contributed by atoms with E-state index in [2.05, 4.69) is 40.3 Å². The van der Waals surface area contributed by atoms with Crippen LogP contribution in [-0.4, -0.2) is 5.11 Å². The SMILES string of the molecule is C[C@@H](NCc1ccccc1O)c1ccc(Br)cc1. The van der Waals surface area contributed by atoms with Crippen molar-refractivity contribution in [2.45, 2.75) is 19.5 Å². The average Bonchev–Trinajstić information content (AvgIpc) is 2.38. The minimum Gasteiger partial charge on any atom is -0.508 e. The Balaban J connectivity index is 1.98. The highest BCUT2D eigenvalue weighted by Gasteiger charge is 2.06. The molecule has 0 amide bonds. The van der Waals surface area contributed by atoms with E-state index in [1.54, 1.807) is 6.07 Å². The second-order valence-corrected chi connectivity index (χ2v) is 5.20. The number of halogens is 1. The van der Waals surface area contributed by atoms with Crippen molar-refractivity contribution in [3.8, 4) is 5.75 Å². The molecule has 94 valence electrons. The predicted molar refractivity (Wildman–Crippen MR) is 77.5 cm³/mol. The van der Waals surface area contributed by atoms with Crippen LogP contribution in [-0.2, 0) is 6.54 Å². The van der Waals surface area contributed by atoms with E-state index in [1.165, 1.54) is 5.56 Å². The molecule has 3 heteroatoms. The standard InChI is InChI=1S/C15H16BrNO/c1-11(12-6-8-14(16)9-7-12)17-10-13-4-2-3-5-15(13)18/h2-9,11,17-18H,10H2,1H3/t11-/m1/s1. The molecule has 0 heterocycles. The van der Waals surface area contributed by atoms with Crippen LogP contribution in [0, 0.1) is 0 Å². The lowest BCUT2D eigenvalue weighted by Gasteiger charge is -2.15. The maximum Gasteiger partial charge on any atom is 0.120 e. The number of hydrogen-bond acceptors (Lipinski definition) is 2. The molecule has 0 aliphatic heterocycles. The molecule has 0 aromatic heterocycles. The van der Waals surface area contributed by atoms with Crippen LogP contribution in [0.25, 0.3) is 0 Å². The van der Waals surface area contributed by atoms with Crippen molar-refractivity contribution in [1.82, 2.24) is 5.32 Å². The van der Waals surface area contributed by atoms with Gasteiger partial charge in [-0.05, 0) is 30.7 Å². The van der Waals surface area contributed by atoms with Gasteiger partial charge in [0, 0.05) is 22.6 Å². The van der Waals surface area contributed by atoms with Gasteiger partial charge in [-0.2, -0.15) is 0 Å². The van der Waals surface area contributed by atoms with Crippen molar-refractivity contribution >= 4 is 15.9 Å². The third kappa shape index (κ3) is 3.34. The summed E-state index contributed by atoms with van der Waals surface area (Å²) in [6, 6.07) is 15.9. The maximum atomic E-state index is 9.68. The topological polar surface area (TPSA) is 32.3 Å². The van der Waals surface area contributed by atoms with Gasteiger partial charge in [0.2, 0.25) is 0 Å². The van der Waals surface area contributed by atoms with Crippen molar-refractivity contribution in [1.29, 1.82) is 0 Å². The van der Waals surface area contributed by atoms with E-state index in [4.69, 9.17) is 0 Å². The van der Waals surface area contributed by atoms with Gasteiger partial charge in [0.15, 0.2) is 0 Å². The highest BCUT2D eigenvalue weighted by Crippen LogP contribution is 2.19. The zero-order chi connectivity index (χ0) is 13.0. The normalized spacial score (nSPS) is 12.3. The third-order valence-electron chi connectivity index (χ3n) is 2.96. The lowest BCUT2D eigenvalue weighted by atomic mass is 10.1. The number of rotatable bonds is 4. The van der Waals surface area contributed by atoms with Crippen molar-refractivity contribution in [2.24, 2.45) is 0 Å². The molecule has 0 unspecified atom stereocenters. The molecule has 0 radical (unpaired) electrons. The van der Waals surface area contributed by atoms with Crippen molar-refractivity contribution in [3.05, 3.63) is 64.1 Å². The molecule has 2 aromatic rings. The molecular formula is C15H16BrNO. The van der Waals surface area contributed by atoms with Crippen LogP contribution in [0.15, 0.2) is 53.0 Å². The van der Waals surface area contributed by atoms with Gasteiger partial charge in [0.1, 0.15) is 5.75 Å². The first kappa shape index (κ1) is 13.1. The Morgan fingerprint density at radius 3 is 2.44 bits per heavy atom. The Bertz CT molecular complexity index is 510. The summed E-state index contributed by atoms with van der Waals surface area (Å²) in [5, 5.41) is 13.1. The Hall–Kier alpha value is -1.32. The second kappa shape index (κ2) is 6.03. The van der Waals surface area contributed by atoms with E-state index in [0.717, 1.165) is 10.0 Å². The fraction of sp³-hybridized carbons (Fsp3) is 0.200. The molecule has 0 aliphatic rings. The van der Waals surface area contributed by atoms with Crippen LogP contribution < -0.4 is 5.32 Å². The van der Waals surface area contributed by atoms with E-state index >= 15 is 0 Å². The van der Waals surface area contributed by atoms with Crippen LogP contribution in [0.1, 0.15) is 24.1 Å². The zero-order valence-electron chi connectivity index (χ0n) is 10.2. The van der Waals surface area contributed by atoms with Crippen LogP contribution in [0.5, 0.6) is 5.75 Å². The van der Waals surface area contributed by atoms with Gasteiger partial charge in [0.05, 0.1) is 0 Å². The molecule has 2 aromatic carbocycles. The van der Waals surface area contributed by atoms with E-state index < -0.39 is 0 Å². The van der Waals surface area contributed by atoms with Crippen LogP contribution in [0.2, 0.25) is 0 Å². The summed E-state index contributed by atoms with van der Waals surface area (Å²) in [4.78, 5) is 0. The van der Waals surface area contributed by atoms with E-state index in [0.29, 0.717) is 12.3 Å². The first-order valence-electron chi connectivity index (χ1n) is 5.92. The molecular weight excluding hydrogens is 290 g/mol. The quantitative estimate of drug-likeness (QED) is 0.894. The number of nitrogens with one attached hydrogen (secondary N) is 1. The van der Waals surface area contributed by atoms with E-state index in [1.807, 2.05) is 30.3 Å². The lowest BCUT2D eigenvalue weighted by Crippen LogP contribution is -2.18. The molecule has 2 rings (SSSR count). The van der Waals surface area contributed by atoms with E-state index in [9.17, 15) is 5.11 Å². The maximum absolute atomic E-state index is 9.68. The molecule has 0 saturated carbocycles. The third-order valence-corrected chi connectivity index (χ3v) is 3.49. The van der Waals surface area contributed by atoms with Gasteiger partial charge >= 0.3 is 0 Å². The number of phenolic OH excluding ortho intramolecular Hbond substituents is 1. The highest BCUT2D eigenvalue weighted by molar-refractivity contribution is 9.10. The van der Waals surface area contributed by atoms with Crippen molar-refractivity contribution in [2.75, 3.05) is 0 Å². The molecule has 0 saturated heterocycles. The lowest BCUT2D eigenvalue weighted by molar-refractivity contribution is 0.460. The van der Waals surface area contributed by atoms with Gasteiger partial charge in [-0.1, -0.05) is 46.3 Å². The Kier molecular flexibility index (Phi) is 4.39. The Labute approximate surface area is 116 Å². The second-order valence-electron chi connectivity index (χ2n) is 4.28. The number of benzene rings is 2. The van der Waals surface area contributed by atoms with Gasteiger partial charge in [-0.25, -0.2) is 0 Å². The minimum atomic E-state index is 0.248. The van der Waals surface area contributed by atoms with Gasteiger partial charge in [0.25, 0.3) is 0 Å². The average molecular weight is 306 g/mol. The van der Waals surface area contributed by atoms with Gasteiger partial charge < -0.3 is 10.4 Å². The fourth-order valence-corrected chi connectivity index (χ4v) is 2.06. The molecule has 0 bridgehead atoms. The number of phenols is 1. The Morgan fingerprint density at radius 2 is 1.78 bits per heavy atom. The molecule has 0 fully saturated rings. The monoisotopic (exact) mass is 305 g/mol. The summed E-state index contributed by atoms with van der Waals surface area (Å²) >= 11 is 3.43.